The summed E-state index contributed by atoms with van der Waals surface area (Å²) in [6.07, 6.45) is 3.32. The third kappa shape index (κ3) is 6.05. The van der Waals surface area contributed by atoms with E-state index in [1.807, 2.05) is 38.4 Å². The Bertz CT molecular complexity index is 1030. The maximum absolute atomic E-state index is 13.5. The number of carbonyl (C=O) groups excluding carboxylic acids is 1. The summed E-state index contributed by atoms with van der Waals surface area (Å²) >= 11 is 1.58. The lowest BCUT2D eigenvalue weighted by Crippen LogP contribution is -2.36. The first-order valence-electron chi connectivity index (χ1n) is 11.0. The van der Waals surface area contributed by atoms with Crippen molar-refractivity contribution < 1.29 is 9.53 Å². The van der Waals surface area contributed by atoms with Crippen LogP contribution in [0.4, 0.5) is 5.13 Å². The molecule has 0 aliphatic rings. The average molecular weight is 440 g/mol. The van der Waals surface area contributed by atoms with Gasteiger partial charge in [0.15, 0.2) is 5.13 Å². The summed E-state index contributed by atoms with van der Waals surface area (Å²) in [5, 5.41) is 0.741. The number of fused-ring (bicyclic) bond motifs is 1. The largest absolute Gasteiger partial charge is 0.494 e. The van der Waals surface area contributed by atoms with Crippen molar-refractivity contribution in [2.75, 3.05) is 38.7 Å². The van der Waals surface area contributed by atoms with Gasteiger partial charge in [-0.05, 0) is 69.8 Å². The SMILES string of the molecule is CCCCCOc1cccc(C(=O)N(CCN(C)C)c2nc3cc(C)cc(C)c3s2)c1. The highest BCUT2D eigenvalue weighted by molar-refractivity contribution is 7.22. The molecule has 0 aliphatic heterocycles. The zero-order chi connectivity index (χ0) is 22.4. The molecule has 3 aromatic rings. The van der Waals surface area contributed by atoms with Crippen molar-refractivity contribution in [1.29, 1.82) is 0 Å². The average Bonchev–Trinajstić information content (AvgIpc) is 3.15. The molecule has 5 nitrogen and oxygen atoms in total. The van der Waals surface area contributed by atoms with Gasteiger partial charge in [0.25, 0.3) is 5.91 Å². The van der Waals surface area contributed by atoms with E-state index in [1.165, 1.54) is 11.1 Å². The fourth-order valence-electron chi connectivity index (χ4n) is 3.48. The van der Waals surface area contributed by atoms with Gasteiger partial charge in [0, 0.05) is 18.7 Å². The van der Waals surface area contributed by atoms with Crippen LogP contribution in [0.2, 0.25) is 0 Å². The van der Waals surface area contributed by atoms with Crippen LogP contribution in [0.3, 0.4) is 0 Å². The van der Waals surface area contributed by atoms with E-state index in [1.54, 1.807) is 16.2 Å². The lowest BCUT2D eigenvalue weighted by atomic mass is 10.1. The smallest absolute Gasteiger partial charge is 0.260 e. The predicted octanol–water partition coefficient (Wildman–Crippen LogP) is 5.69. The number of unbranched alkanes of at least 4 members (excludes halogenated alkanes) is 2. The standard InChI is InChI=1S/C25H33N3O2S/c1-6-7-8-14-30-21-11-9-10-20(17-21)24(29)28(13-12-27(4)5)25-26-22-16-18(2)15-19(3)23(22)31-25/h9-11,15-17H,6-8,12-14H2,1-5H3. The second-order valence-corrected chi connectivity index (χ2v) is 9.25. The molecule has 31 heavy (non-hydrogen) atoms. The van der Waals surface area contributed by atoms with Gasteiger partial charge >= 0.3 is 0 Å². The number of thiazole rings is 1. The minimum Gasteiger partial charge on any atom is -0.494 e. The van der Waals surface area contributed by atoms with Crippen molar-refractivity contribution in [3.63, 3.8) is 0 Å². The minimum absolute atomic E-state index is 0.0470. The van der Waals surface area contributed by atoms with Crippen LogP contribution in [-0.4, -0.2) is 49.6 Å². The Balaban J connectivity index is 1.88. The van der Waals surface area contributed by atoms with E-state index in [2.05, 4.69) is 37.8 Å². The van der Waals surface area contributed by atoms with Gasteiger partial charge in [-0.1, -0.05) is 43.2 Å². The van der Waals surface area contributed by atoms with E-state index >= 15 is 0 Å². The van der Waals surface area contributed by atoms with Crippen LogP contribution in [-0.2, 0) is 0 Å². The fraction of sp³-hybridized carbons (Fsp3) is 0.440. The number of amides is 1. The first kappa shape index (κ1) is 23.2. The molecule has 1 aromatic heterocycles. The molecule has 0 unspecified atom stereocenters. The van der Waals surface area contributed by atoms with Crippen molar-refractivity contribution in [3.05, 3.63) is 53.1 Å². The summed E-state index contributed by atoms with van der Waals surface area (Å²) in [5.41, 5.74) is 3.95. The normalized spacial score (nSPS) is 11.3. The molecule has 0 saturated heterocycles. The molecule has 2 aromatic carbocycles. The van der Waals surface area contributed by atoms with E-state index in [0.717, 1.165) is 46.9 Å². The van der Waals surface area contributed by atoms with Crippen LogP contribution < -0.4 is 9.64 Å². The van der Waals surface area contributed by atoms with Crippen LogP contribution in [0, 0.1) is 13.8 Å². The van der Waals surface area contributed by atoms with Gasteiger partial charge in [0.2, 0.25) is 0 Å². The van der Waals surface area contributed by atoms with E-state index in [0.29, 0.717) is 18.7 Å². The van der Waals surface area contributed by atoms with Crippen molar-refractivity contribution in [1.82, 2.24) is 9.88 Å². The van der Waals surface area contributed by atoms with Crippen LogP contribution in [0.5, 0.6) is 5.75 Å². The van der Waals surface area contributed by atoms with Crippen LogP contribution in [0.1, 0.15) is 47.7 Å². The molecule has 0 fully saturated rings. The number of carbonyl (C=O) groups is 1. The summed E-state index contributed by atoms with van der Waals surface area (Å²) in [6, 6.07) is 11.7. The number of ether oxygens (including phenoxy) is 1. The van der Waals surface area contributed by atoms with E-state index in [4.69, 9.17) is 9.72 Å². The van der Waals surface area contributed by atoms with Gasteiger partial charge < -0.3 is 9.64 Å². The second kappa shape index (κ2) is 10.7. The highest BCUT2D eigenvalue weighted by atomic mass is 32.1. The first-order valence-corrected chi connectivity index (χ1v) is 11.8. The molecule has 166 valence electrons. The molecule has 0 radical (unpaired) electrons. The van der Waals surface area contributed by atoms with Gasteiger partial charge in [-0.15, -0.1) is 0 Å². The van der Waals surface area contributed by atoms with E-state index in [9.17, 15) is 4.79 Å². The Morgan fingerprint density at radius 1 is 1.10 bits per heavy atom. The topological polar surface area (TPSA) is 45.7 Å². The van der Waals surface area contributed by atoms with E-state index in [-0.39, 0.29) is 5.91 Å². The van der Waals surface area contributed by atoms with Crippen molar-refractivity contribution >= 4 is 32.6 Å². The zero-order valence-corrected chi connectivity index (χ0v) is 20.1. The molecule has 3 rings (SSSR count). The molecule has 0 atom stereocenters. The molecule has 0 bridgehead atoms. The van der Waals surface area contributed by atoms with Crippen molar-refractivity contribution in [2.45, 2.75) is 40.0 Å². The number of anilines is 1. The Morgan fingerprint density at radius 3 is 2.65 bits per heavy atom. The summed E-state index contributed by atoms with van der Waals surface area (Å²) in [5.74, 6) is 0.694. The Kier molecular flexibility index (Phi) is 8.04. The lowest BCUT2D eigenvalue weighted by Gasteiger charge is -2.22. The van der Waals surface area contributed by atoms with Crippen molar-refractivity contribution in [2.24, 2.45) is 0 Å². The number of aryl methyl sites for hydroxylation is 2. The molecule has 1 heterocycles. The lowest BCUT2D eigenvalue weighted by molar-refractivity contribution is 0.0984. The Morgan fingerprint density at radius 2 is 1.90 bits per heavy atom. The minimum atomic E-state index is -0.0470. The van der Waals surface area contributed by atoms with Gasteiger partial charge in [-0.25, -0.2) is 4.98 Å². The van der Waals surface area contributed by atoms with Gasteiger partial charge in [0.05, 0.1) is 16.8 Å². The molecular formula is C25H33N3O2S. The number of nitrogens with zero attached hydrogens (tertiary/aromatic N) is 3. The van der Waals surface area contributed by atoms with Crippen molar-refractivity contribution in [3.8, 4) is 5.75 Å². The summed E-state index contributed by atoms with van der Waals surface area (Å²) in [6.45, 7) is 8.35. The molecule has 0 saturated carbocycles. The number of benzene rings is 2. The molecule has 0 aliphatic carbocycles. The summed E-state index contributed by atoms with van der Waals surface area (Å²) in [7, 11) is 4.03. The van der Waals surface area contributed by atoms with Gasteiger partial charge in [-0.3, -0.25) is 9.69 Å². The number of likely N-dealkylation sites (N-methyl/N-ethyl adjacent to an activating group) is 1. The third-order valence-electron chi connectivity index (χ3n) is 5.15. The first-order chi connectivity index (χ1) is 14.9. The number of hydrogen-bond donors (Lipinski definition) is 0. The highest BCUT2D eigenvalue weighted by Crippen LogP contribution is 2.33. The summed E-state index contributed by atoms with van der Waals surface area (Å²) < 4.78 is 7.00. The summed E-state index contributed by atoms with van der Waals surface area (Å²) in [4.78, 5) is 22.2. The molecular weight excluding hydrogens is 406 g/mol. The molecule has 6 heteroatoms. The van der Waals surface area contributed by atoms with Gasteiger partial charge in [0.1, 0.15) is 5.75 Å². The Hall–Kier alpha value is -2.44. The Labute approximate surface area is 189 Å². The third-order valence-corrected chi connectivity index (χ3v) is 6.38. The molecule has 0 N–H and O–H groups in total. The zero-order valence-electron chi connectivity index (χ0n) is 19.3. The molecule has 1 amide bonds. The monoisotopic (exact) mass is 439 g/mol. The van der Waals surface area contributed by atoms with Gasteiger partial charge in [-0.2, -0.15) is 0 Å². The van der Waals surface area contributed by atoms with Crippen LogP contribution >= 0.6 is 11.3 Å². The predicted molar refractivity (Wildman–Crippen MR) is 131 cm³/mol. The highest BCUT2D eigenvalue weighted by Gasteiger charge is 2.22. The van der Waals surface area contributed by atoms with Crippen LogP contribution in [0.25, 0.3) is 10.2 Å². The maximum atomic E-state index is 13.5. The number of hydrogen-bond acceptors (Lipinski definition) is 5. The molecule has 0 spiro atoms. The van der Waals surface area contributed by atoms with E-state index < -0.39 is 0 Å². The number of rotatable bonds is 10. The number of aromatic nitrogens is 1. The quantitative estimate of drug-likeness (QED) is 0.381. The fourth-order valence-corrected chi connectivity index (χ4v) is 4.52. The van der Waals surface area contributed by atoms with Crippen LogP contribution in [0.15, 0.2) is 36.4 Å². The maximum Gasteiger partial charge on any atom is 0.260 e. The second-order valence-electron chi connectivity index (χ2n) is 8.27.